The molecule has 1 aliphatic heterocycles. The summed E-state index contributed by atoms with van der Waals surface area (Å²) < 4.78 is 39.7. The van der Waals surface area contributed by atoms with Crippen LogP contribution in [0.1, 0.15) is 12.8 Å². The molecule has 1 saturated heterocycles. The van der Waals surface area contributed by atoms with Gasteiger partial charge >= 0.3 is 6.18 Å². The van der Waals surface area contributed by atoms with Crippen LogP contribution in [0.2, 0.25) is 0 Å². The van der Waals surface area contributed by atoms with E-state index in [1.54, 1.807) is 7.05 Å². The molecule has 0 saturated carbocycles. The first-order valence-corrected chi connectivity index (χ1v) is 5.51. The molecule has 0 spiro atoms. The monoisotopic (exact) mass is 254 g/mol. The van der Waals surface area contributed by atoms with Crippen LogP contribution in [0.4, 0.5) is 13.2 Å². The Morgan fingerprint density at radius 2 is 2.24 bits per heavy atom. The SMILES string of the molecule is CN(C(=O)COCC(F)(F)F)C1CCCNC1. The van der Waals surface area contributed by atoms with E-state index in [9.17, 15) is 18.0 Å². The zero-order chi connectivity index (χ0) is 12.9. The Kier molecular flexibility index (Phi) is 5.20. The number of carbonyl (C=O) groups excluding carboxylic acids is 1. The third-order valence-electron chi connectivity index (χ3n) is 2.70. The summed E-state index contributed by atoms with van der Waals surface area (Å²) in [5.74, 6) is -0.414. The molecule has 1 aliphatic rings. The number of rotatable bonds is 4. The molecule has 100 valence electrons. The van der Waals surface area contributed by atoms with Gasteiger partial charge < -0.3 is 15.0 Å². The molecular formula is C10H17F3N2O2. The molecule has 0 aromatic rings. The van der Waals surface area contributed by atoms with E-state index in [1.807, 2.05) is 0 Å². The van der Waals surface area contributed by atoms with Gasteiger partial charge in [-0.25, -0.2) is 0 Å². The number of hydrogen-bond acceptors (Lipinski definition) is 3. The van der Waals surface area contributed by atoms with E-state index in [0.717, 1.165) is 19.4 Å². The van der Waals surface area contributed by atoms with Crippen LogP contribution >= 0.6 is 0 Å². The van der Waals surface area contributed by atoms with Gasteiger partial charge in [0.1, 0.15) is 13.2 Å². The molecular weight excluding hydrogens is 237 g/mol. The van der Waals surface area contributed by atoms with Crippen LogP contribution < -0.4 is 5.32 Å². The minimum atomic E-state index is -4.38. The first-order chi connectivity index (χ1) is 7.90. The summed E-state index contributed by atoms with van der Waals surface area (Å²) >= 11 is 0. The average molecular weight is 254 g/mol. The van der Waals surface area contributed by atoms with Crippen molar-refractivity contribution in [2.45, 2.75) is 25.1 Å². The predicted molar refractivity (Wildman–Crippen MR) is 55.5 cm³/mol. The van der Waals surface area contributed by atoms with Crippen LogP contribution in [0.5, 0.6) is 0 Å². The summed E-state index contributed by atoms with van der Waals surface area (Å²) in [6.45, 7) is -0.299. The predicted octanol–water partition coefficient (Wildman–Crippen LogP) is 0.776. The van der Waals surface area contributed by atoms with E-state index in [0.29, 0.717) is 6.54 Å². The Bertz CT molecular complexity index is 252. The van der Waals surface area contributed by atoms with Crippen molar-refractivity contribution in [3.05, 3.63) is 0 Å². The zero-order valence-electron chi connectivity index (χ0n) is 9.72. The minimum absolute atomic E-state index is 0.0470. The van der Waals surface area contributed by atoms with Crippen LogP contribution in [-0.2, 0) is 9.53 Å². The summed E-state index contributed by atoms with van der Waals surface area (Å²) in [6, 6.07) is 0.0470. The highest BCUT2D eigenvalue weighted by Gasteiger charge is 2.28. The molecule has 1 atom stereocenters. The molecule has 0 bridgehead atoms. The van der Waals surface area contributed by atoms with E-state index >= 15 is 0 Å². The molecule has 7 heteroatoms. The van der Waals surface area contributed by atoms with Gasteiger partial charge in [-0.05, 0) is 19.4 Å². The Balaban J connectivity index is 2.26. The molecule has 0 aromatic heterocycles. The van der Waals surface area contributed by atoms with Crippen LogP contribution in [0, 0.1) is 0 Å². The van der Waals surface area contributed by atoms with Crippen LogP contribution in [0.15, 0.2) is 0 Å². The fraction of sp³-hybridized carbons (Fsp3) is 0.900. The number of likely N-dealkylation sites (N-methyl/N-ethyl adjacent to an activating group) is 1. The fourth-order valence-corrected chi connectivity index (χ4v) is 1.72. The Morgan fingerprint density at radius 3 is 2.76 bits per heavy atom. The topological polar surface area (TPSA) is 41.6 Å². The zero-order valence-corrected chi connectivity index (χ0v) is 9.72. The second-order valence-corrected chi connectivity index (χ2v) is 4.11. The average Bonchev–Trinajstić information content (AvgIpc) is 2.27. The highest BCUT2D eigenvalue weighted by molar-refractivity contribution is 5.77. The molecule has 0 radical (unpaired) electrons. The van der Waals surface area contributed by atoms with Crippen molar-refractivity contribution in [1.82, 2.24) is 10.2 Å². The molecule has 1 heterocycles. The van der Waals surface area contributed by atoms with E-state index in [4.69, 9.17) is 0 Å². The van der Waals surface area contributed by atoms with E-state index in [1.165, 1.54) is 4.90 Å². The number of nitrogens with one attached hydrogen (secondary N) is 1. The third-order valence-corrected chi connectivity index (χ3v) is 2.70. The number of piperidine rings is 1. The lowest BCUT2D eigenvalue weighted by Gasteiger charge is -2.31. The molecule has 0 aromatic carbocycles. The molecule has 1 N–H and O–H groups in total. The largest absolute Gasteiger partial charge is 0.411 e. The van der Waals surface area contributed by atoms with Gasteiger partial charge in [-0.3, -0.25) is 4.79 Å². The van der Waals surface area contributed by atoms with Crippen molar-refractivity contribution in [3.63, 3.8) is 0 Å². The van der Waals surface area contributed by atoms with Crippen molar-refractivity contribution in [2.24, 2.45) is 0 Å². The molecule has 1 amide bonds. The molecule has 1 rings (SSSR count). The van der Waals surface area contributed by atoms with Crippen molar-refractivity contribution < 1.29 is 22.7 Å². The Labute approximate surface area is 98.1 Å². The third kappa shape index (κ3) is 5.36. The minimum Gasteiger partial charge on any atom is -0.362 e. The number of halogens is 3. The van der Waals surface area contributed by atoms with Crippen LogP contribution in [-0.4, -0.2) is 56.4 Å². The van der Waals surface area contributed by atoms with E-state index in [-0.39, 0.29) is 6.04 Å². The standard InChI is InChI=1S/C10H17F3N2O2/c1-15(8-3-2-4-14-5-8)9(16)6-17-7-10(11,12)13/h8,14H,2-7H2,1H3. The lowest BCUT2D eigenvalue weighted by molar-refractivity contribution is -0.178. The summed E-state index contributed by atoms with van der Waals surface area (Å²) in [4.78, 5) is 13.0. The number of nitrogens with zero attached hydrogens (tertiary/aromatic N) is 1. The normalized spacial score (nSPS) is 21.3. The van der Waals surface area contributed by atoms with Crippen LogP contribution in [0.3, 0.4) is 0 Å². The molecule has 0 aliphatic carbocycles. The second kappa shape index (κ2) is 6.20. The Morgan fingerprint density at radius 1 is 1.53 bits per heavy atom. The first kappa shape index (κ1) is 14.2. The number of amides is 1. The lowest BCUT2D eigenvalue weighted by Crippen LogP contribution is -2.47. The molecule has 17 heavy (non-hydrogen) atoms. The fourth-order valence-electron chi connectivity index (χ4n) is 1.72. The van der Waals surface area contributed by atoms with Gasteiger partial charge in [-0.1, -0.05) is 0 Å². The van der Waals surface area contributed by atoms with E-state index in [2.05, 4.69) is 10.1 Å². The number of alkyl halides is 3. The van der Waals surface area contributed by atoms with Gasteiger partial charge in [0.15, 0.2) is 0 Å². The van der Waals surface area contributed by atoms with Crippen LogP contribution in [0.25, 0.3) is 0 Å². The molecule has 1 unspecified atom stereocenters. The summed E-state index contributed by atoms with van der Waals surface area (Å²) in [5, 5.41) is 3.14. The highest BCUT2D eigenvalue weighted by atomic mass is 19.4. The number of carbonyl (C=O) groups is 1. The van der Waals surface area contributed by atoms with Gasteiger partial charge in [0.2, 0.25) is 5.91 Å². The summed E-state index contributed by atoms with van der Waals surface area (Å²) in [6.07, 6.45) is -2.55. The van der Waals surface area contributed by atoms with Crippen molar-refractivity contribution in [3.8, 4) is 0 Å². The van der Waals surface area contributed by atoms with Gasteiger partial charge in [0, 0.05) is 19.6 Å². The van der Waals surface area contributed by atoms with Crippen molar-refractivity contribution in [1.29, 1.82) is 0 Å². The first-order valence-electron chi connectivity index (χ1n) is 5.51. The summed E-state index contributed by atoms with van der Waals surface area (Å²) in [5.41, 5.74) is 0. The Hall–Kier alpha value is -0.820. The quantitative estimate of drug-likeness (QED) is 0.806. The molecule has 4 nitrogen and oxygen atoms in total. The smallest absolute Gasteiger partial charge is 0.362 e. The van der Waals surface area contributed by atoms with Crippen molar-refractivity contribution >= 4 is 5.91 Å². The highest BCUT2D eigenvalue weighted by Crippen LogP contribution is 2.14. The van der Waals surface area contributed by atoms with Crippen molar-refractivity contribution in [2.75, 3.05) is 33.4 Å². The molecule has 1 fully saturated rings. The maximum atomic E-state index is 11.8. The maximum Gasteiger partial charge on any atom is 0.411 e. The van der Waals surface area contributed by atoms with Gasteiger partial charge in [-0.2, -0.15) is 13.2 Å². The van der Waals surface area contributed by atoms with E-state index < -0.39 is 25.3 Å². The summed E-state index contributed by atoms with van der Waals surface area (Å²) in [7, 11) is 1.59. The number of hydrogen-bond donors (Lipinski definition) is 1. The van der Waals surface area contributed by atoms with Gasteiger partial charge in [-0.15, -0.1) is 0 Å². The lowest BCUT2D eigenvalue weighted by atomic mass is 10.1. The van der Waals surface area contributed by atoms with Gasteiger partial charge in [0.05, 0.1) is 0 Å². The second-order valence-electron chi connectivity index (χ2n) is 4.11. The maximum absolute atomic E-state index is 11.8. The number of ether oxygens (including phenoxy) is 1. The van der Waals surface area contributed by atoms with Gasteiger partial charge in [0.25, 0.3) is 0 Å².